The Balaban J connectivity index is 2.40. The van der Waals surface area contributed by atoms with Gasteiger partial charge in [-0.2, -0.15) is 0 Å². The molecule has 1 fully saturated rings. The van der Waals surface area contributed by atoms with Gasteiger partial charge >= 0.3 is 5.97 Å². The van der Waals surface area contributed by atoms with E-state index in [1.54, 1.807) is 0 Å². The average Bonchev–Trinajstić information content (AvgIpc) is 2.92. The summed E-state index contributed by atoms with van der Waals surface area (Å²) in [6, 6.07) is 8.04. The lowest BCUT2D eigenvalue weighted by molar-refractivity contribution is -0.149. The molecule has 18 heavy (non-hydrogen) atoms. The van der Waals surface area contributed by atoms with Gasteiger partial charge in [-0.05, 0) is 43.4 Å². The van der Waals surface area contributed by atoms with E-state index in [2.05, 4.69) is 15.9 Å². The third-order valence-electron chi connectivity index (χ3n) is 4.23. The zero-order valence-corrected chi connectivity index (χ0v) is 12.5. The SMILES string of the molecule is COC(=O)C(C)(c1ccc(Br)cc1)C1CCCC1. The van der Waals surface area contributed by atoms with Crippen LogP contribution >= 0.6 is 15.9 Å². The minimum Gasteiger partial charge on any atom is -0.468 e. The largest absolute Gasteiger partial charge is 0.468 e. The summed E-state index contributed by atoms with van der Waals surface area (Å²) in [5.41, 5.74) is 0.552. The molecule has 0 aromatic heterocycles. The summed E-state index contributed by atoms with van der Waals surface area (Å²) in [7, 11) is 1.48. The van der Waals surface area contributed by atoms with Crippen LogP contribution in [0.3, 0.4) is 0 Å². The Hall–Kier alpha value is -0.830. The van der Waals surface area contributed by atoms with Gasteiger partial charge in [-0.3, -0.25) is 4.79 Å². The first-order valence-electron chi connectivity index (χ1n) is 6.43. The molecule has 2 rings (SSSR count). The van der Waals surface area contributed by atoms with Crippen LogP contribution in [0, 0.1) is 5.92 Å². The van der Waals surface area contributed by atoms with Crippen LogP contribution in [0.5, 0.6) is 0 Å². The van der Waals surface area contributed by atoms with Crippen LogP contribution in [-0.2, 0) is 14.9 Å². The van der Waals surface area contributed by atoms with Gasteiger partial charge in [0.05, 0.1) is 12.5 Å². The molecule has 1 aliphatic rings. The molecular formula is C15H19BrO2. The Morgan fingerprint density at radius 3 is 2.33 bits per heavy atom. The molecule has 1 unspecified atom stereocenters. The molecule has 0 aliphatic heterocycles. The van der Waals surface area contributed by atoms with Gasteiger partial charge in [0.15, 0.2) is 0 Å². The highest BCUT2D eigenvalue weighted by molar-refractivity contribution is 9.10. The van der Waals surface area contributed by atoms with Gasteiger partial charge in [-0.15, -0.1) is 0 Å². The highest BCUT2D eigenvalue weighted by Crippen LogP contribution is 2.43. The van der Waals surface area contributed by atoms with Crippen molar-refractivity contribution in [2.75, 3.05) is 7.11 Å². The van der Waals surface area contributed by atoms with Gasteiger partial charge in [0.25, 0.3) is 0 Å². The second kappa shape index (κ2) is 5.43. The van der Waals surface area contributed by atoms with Crippen LogP contribution < -0.4 is 0 Å². The van der Waals surface area contributed by atoms with Gasteiger partial charge in [0.1, 0.15) is 0 Å². The number of methoxy groups -OCH3 is 1. The summed E-state index contributed by atoms with van der Waals surface area (Å²) in [5.74, 6) is 0.280. The van der Waals surface area contributed by atoms with E-state index in [4.69, 9.17) is 4.74 Å². The molecule has 0 bridgehead atoms. The Bertz CT molecular complexity index is 421. The highest BCUT2D eigenvalue weighted by Gasteiger charge is 2.44. The summed E-state index contributed by atoms with van der Waals surface area (Å²) in [6.07, 6.45) is 4.66. The van der Waals surface area contributed by atoms with Gasteiger partial charge in [0.2, 0.25) is 0 Å². The van der Waals surface area contributed by atoms with Gasteiger partial charge in [-0.1, -0.05) is 40.9 Å². The molecule has 1 atom stereocenters. The van der Waals surface area contributed by atoms with Crippen LogP contribution in [0.4, 0.5) is 0 Å². The summed E-state index contributed by atoms with van der Waals surface area (Å²) in [5, 5.41) is 0. The second-order valence-electron chi connectivity index (χ2n) is 5.18. The van der Waals surface area contributed by atoms with Crippen LogP contribution in [0.1, 0.15) is 38.2 Å². The molecule has 1 saturated carbocycles. The van der Waals surface area contributed by atoms with E-state index in [0.29, 0.717) is 5.92 Å². The molecule has 1 aromatic carbocycles. The lowest BCUT2D eigenvalue weighted by atomic mass is 9.71. The fraction of sp³-hybridized carbons (Fsp3) is 0.533. The maximum atomic E-state index is 12.3. The molecule has 1 aromatic rings. The van der Waals surface area contributed by atoms with E-state index < -0.39 is 5.41 Å². The van der Waals surface area contributed by atoms with E-state index in [1.807, 2.05) is 31.2 Å². The zero-order chi connectivity index (χ0) is 13.2. The maximum absolute atomic E-state index is 12.3. The smallest absolute Gasteiger partial charge is 0.316 e. The van der Waals surface area contributed by atoms with Crippen LogP contribution in [0.2, 0.25) is 0 Å². The van der Waals surface area contributed by atoms with E-state index in [1.165, 1.54) is 20.0 Å². The molecule has 0 amide bonds. The number of carbonyl (C=O) groups excluding carboxylic acids is 1. The third kappa shape index (κ3) is 2.33. The van der Waals surface area contributed by atoms with Crippen molar-refractivity contribution in [1.82, 2.24) is 0 Å². The van der Waals surface area contributed by atoms with Crippen molar-refractivity contribution in [2.45, 2.75) is 38.0 Å². The number of rotatable bonds is 3. The first-order valence-corrected chi connectivity index (χ1v) is 7.23. The number of carbonyl (C=O) groups is 1. The maximum Gasteiger partial charge on any atom is 0.316 e. The number of hydrogen-bond acceptors (Lipinski definition) is 2. The number of benzene rings is 1. The van der Waals surface area contributed by atoms with Crippen molar-refractivity contribution in [2.24, 2.45) is 5.92 Å². The zero-order valence-electron chi connectivity index (χ0n) is 10.9. The summed E-state index contributed by atoms with van der Waals surface area (Å²) in [6.45, 7) is 2.03. The topological polar surface area (TPSA) is 26.3 Å². The average molecular weight is 311 g/mol. The number of ether oxygens (including phenoxy) is 1. The minimum atomic E-state index is -0.508. The van der Waals surface area contributed by atoms with Crippen molar-refractivity contribution in [3.63, 3.8) is 0 Å². The summed E-state index contributed by atoms with van der Waals surface area (Å²) >= 11 is 3.43. The van der Waals surface area contributed by atoms with Crippen molar-refractivity contribution in [3.8, 4) is 0 Å². The molecule has 0 heterocycles. The fourth-order valence-electron chi connectivity index (χ4n) is 3.03. The molecule has 3 heteroatoms. The van der Waals surface area contributed by atoms with Crippen molar-refractivity contribution in [3.05, 3.63) is 34.3 Å². The monoisotopic (exact) mass is 310 g/mol. The van der Waals surface area contributed by atoms with Gasteiger partial charge < -0.3 is 4.74 Å². The quantitative estimate of drug-likeness (QED) is 0.787. The van der Waals surface area contributed by atoms with E-state index in [-0.39, 0.29) is 5.97 Å². The van der Waals surface area contributed by atoms with E-state index >= 15 is 0 Å². The predicted molar refractivity (Wildman–Crippen MR) is 75.5 cm³/mol. The molecular weight excluding hydrogens is 292 g/mol. The Labute approximate surface area is 117 Å². The Kier molecular flexibility index (Phi) is 4.10. The van der Waals surface area contributed by atoms with Crippen LogP contribution in [0.25, 0.3) is 0 Å². The predicted octanol–water partition coefficient (Wildman–Crippen LogP) is 4.07. The summed E-state index contributed by atoms with van der Waals surface area (Å²) in [4.78, 5) is 12.3. The van der Waals surface area contributed by atoms with Gasteiger partial charge in [-0.25, -0.2) is 0 Å². The Morgan fingerprint density at radius 1 is 1.28 bits per heavy atom. The third-order valence-corrected chi connectivity index (χ3v) is 4.75. The van der Waals surface area contributed by atoms with E-state index in [0.717, 1.165) is 22.9 Å². The van der Waals surface area contributed by atoms with Crippen molar-refractivity contribution >= 4 is 21.9 Å². The molecule has 0 spiro atoms. The number of hydrogen-bond donors (Lipinski definition) is 0. The van der Waals surface area contributed by atoms with Crippen molar-refractivity contribution in [1.29, 1.82) is 0 Å². The molecule has 98 valence electrons. The Morgan fingerprint density at radius 2 is 1.83 bits per heavy atom. The van der Waals surface area contributed by atoms with Crippen LogP contribution in [-0.4, -0.2) is 13.1 Å². The molecule has 0 radical (unpaired) electrons. The second-order valence-corrected chi connectivity index (χ2v) is 6.10. The minimum absolute atomic E-state index is 0.114. The summed E-state index contributed by atoms with van der Waals surface area (Å²) < 4.78 is 6.09. The standard InChI is InChI=1S/C15H19BrO2/c1-15(14(17)18-2,11-5-3-4-6-11)12-7-9-13(16)10-8-12/h7-11H,3-6H2,1-2H3. The molecule has 2 nitrogen and oxygen atoms in total. The first kappa shape index (κ1) is 13.6. The number of esters is 1. The molecule has 1 aliphatic carbocycles. The fourth-order valence-corrected chi connectivity index (χ4v) is 3.30. The van der Waals surface area contributed by atoms with Gasteiger partial charge in [0, 0.05) is 4.47 Å². The number of halogens is 1. The van der Waals surface area contributed by atoms with E-state index in [9.17, 15) is 4.79 Å². The normalized spacial score (nSPS) is 19.5. The highest BCUT2D eigenvalue weighted by atomic mass is 79.9. The lowest BCUT2D eigenvalue weighted by Gasteiger charge is -2.33. The van der Waals surface area contributed by atoms with Crippen molar-refractivity contribution < 1.29 is 9.53 Å². The first-order chi connectivity index (χ1) is 8.59. The molecule has 0 N–H and O–H groups in total. The lowest BCUT2D eigenvalue weighted by Crippen LogP contribution is -2.40. The van der Waals surface area contributed by atoms with Crippen LogP contribution in [0.15, 0.2) is 28.7 Å². The molecule has 0 saturated heterocycles.